The number of hydrogen-bond acceptors (Lipinski definition) is 14. The van der Waals surface area contributed by atoms with E-state index in [4.69, 9.17) is 41.0 Å². The lowest BCUT2D eigenvalue weighted by Crippen LogP contribution is -2.53. The van der Waals surface area contributed by atoms with Crippen molar-refractivity contribution in [2.24, 2.45) is 23.5 Å². The van der Waals surface area contributed by atoms with Gasteiger partial charge in [-0.25, -0.2) is 14.4 Å². The standard InChI is InChI=1S/C60H80Br2ClN5O14/c1-33(2)43(28-42(69)17-12-11-16-37(6)79-56(74)36(5)32-61)55(73)67-45(18-14-22-65-57(64)75)47(70)26-40-20-21-41(27-44(40)62)66-58(76)81-50-29-51(71)68(9)46-25-39(24-35(4)53(46)63)23-34(3)15-13-19-49(78-10)60(77)30-48(80-52(72)31-60)38(7)54-59(50,8)82-54/h13,15,19-21,24-25,27,33,37-38,43,45,48-50,54,77H,5,11-12,14,16-18,22-23,26,28-32H2,1-4,6-10H3,(H,66,76)(H,67,73)(H3,64,65,75)/b19-13+,34-15+/t37?,38-,43+,45+,48+,49-,50+,54+,59+,60-/m1/s1. The summed E-state index contributed by atoms with van der Waals surface area (Å²) in [5.74, 6) is -4.01. The van der Waals surface area contributed by atoms with Crippen LogP contribution in [0.3, 0.4) is 0 Å². The number of epoxide rings is 1. The molecule has 6 N–H and O–H groups in total. The van der Waals surface area contributed by atoms with Crippen molar-refractivity contribution < 1.29 is 67.1 Å². The molecular weight excluding hydrogens is 1210 g/mol. The number of allylic oxidation sites excluding steroid dienone is 3. The topological polar surface area (TPSA) is 272 Å². The van der Waals surface area contributed by atoms with Crippen LogP contribution in [0, 0.1) is 24.7 Å². The lowest BCUT2D eigenvalue weighted by molar-refractivity contribution is -0.187. The molecule has 22 heteroatoms. The molecule has 3 heterocycles. The van der Waals surface area contributed by atoms with Crippen molar-refractivity contribution in [1.82, 2.24) is 10.6 Å². The molecule has 10 atom stereocenters. The molecule has 2 fully saturated rings. The highest BCUT2D eigenvalue weighted by molar-refractivity contribution is 9.10. The molecule has 5 rings (SSSR count). The zero-order valence-corrected chi connectivity index (χ0v) is 52.3. The van der Waals surface area contributed by atoms with Gasteiger partial charge in [-0.3, -0.25) is 29.3 Å². The number of ether oxygens (including phenoxy) is 5. The third kappa shape index (κ3) is 18.8. The zero-order chi connectivity index (χ0) is 60.8. The van der Waals surface area contributed by atoms with Crippen molar-refractivity contribution in [3.05, 3.63) is 92.5 Å². The number of Topliss-reactive ketones (excluding diaryl/α,β-unsaturated/α-hetero) is 2. The van der Waals surface area contributed by atoms with Crippen molar-refractivity contribution in [2.75, 3.05) is 36.2 Å². The number of alkyl halides is 1. The van der Waals surface area contributed by atoms with Crippen LogP contribution in [0.5, 0.6) is 0 Å². The van der Waals surface area contributed by atoms with Gasteiger partial charge in [-0.15, -0.1) is 0 Å². The molecule has 1 unspecified atom stereocenters. The first-order valence-corrected chi connectivity index (χ1v) is 30.0. The van der Waals surface area contributed by atoms with E-state index < -0.39 is 89.4 Å². The number of ketones is 2. The number of benzene rings is 2. The number of rotatable bonds is 23. The fourth-order valence-corrected chi connectivity index (χ4v) is 11.5. The molecule has 0 aromatic heterocycles. The SMILES string of the molecule is C=C(CBr)C(=O)OC(C)CCCCC(=O)C[C@H](C(=O)N[C@@H](CCCNC(N)=O)C(=O)Cc1ccc(NC(=O)O[C@H]2CC(=O)N(C)c3cc(cc(C)c3Cl)C/C(C)=C/C=C/[C@@H](OC)[C@]3(O)CC(=O)O[C@@H](C3)[C@@H](C)[C@@H]3O[C@@]23C)cc1Br)C(C)C. The fourth-order valence-electron chi connectivity index (χ4n) is 10.5. The molecule has 3 aliphatic heterocycles. The Morgan fingerprint density at radius 2 is 1.77 bits per heavy atom. The first-order chi connectivity index (χ1) is 38.6. The number of carbonyl (C=O) groups excluding carboxylic acids is 8. The predicted octanol–water partition coefficient (Wildman–Crippen LogP) is 9.40. The van der Waals surface area contributed by atoms with Gasteiger partial charge in [0.1, 0.15) is 35.3 Å². The minimum absolute atomic E-state index is 0.0143. The quantitative estimate of drug-likeness (QED) is 0.0173. The van der Waals surface area contributed by atoms with Gasteiger partial charge < -0.3 is 50.1 Å². The summed E-state index contributed by atoms with van der Waals surface area (Å²) in [5, 5.41) is 20.8. The summed E-state index contributed by atoms with van der Waals surface area (Å²) in [6.45, 7) is 16.5. The molecule has 0 radical (unpaired) electrons. The van der Waals surface area contributed by atoms with E-state index in [2.05, 4.69) is 54.4 Å². The number of methoxy groups -OCH3 is 1. The van der Waals surface area contributed by atoms with Crippen molar-refractivity contribution >= 4 is 102 Å². The summed E-state index contributed by atoms with van der Waals surface area (Å²) in [6, 6.07) is 6.80. The zero-order valence-electron chi connectivity index (χ0n) is 48.3. The van der Waals surface area contributed by atoms with Crippen LogP contribution >= 0.6 is 43.5 Å². The van der Waals surface area contributed by atoms with Gasteiger partial charge in [-0.05, 0) is 107 Å². The van der Waals surface area contributed by atoms with E-state index in [0.717, 1.165) is 16.7 Å². The number of amides is 5. The van der Waals surface area contributed by atoms with Gasteiger partial charge in [0.2, 0.25) is 11.8 Å². The van der Waals surface area contributed by atoms with Crippen molar-refractivity contribution in [3.63, 3.8) is 0 Å². The Morgan fingerprint density at radius 1 is 1.05 bits per heavy atom. The number of fused-ring (bicyclic) bond motifs is 5. The average Bonchev–Trinajstić information content (AvgIpc) is 4.33. The Morgan fingerprint density at radius 3 is 2.43 bits per heavy atom. The van der Waals surface area contributed by atoms with E-state index in [-0.39, 0.29) is 80.8 Å². The number of halogens is 3. The van der Waals surface area contributed by atoms with E-state index in [9.17, 15) is 43.5 Å². The number of urea groups is 1. The maximum absolute atomic E-state index is 14.4. The minimum atomic E-state index is -1.63. The van der Waals surface area contributed by atoms with Crippen LogP contribution in [0.4, 0.5) is 21.0 Å². The molecule has 4 bridgehead atoms. The van der Waals surface area contributed by atoms with E-state index in [1.807, 2.05) is 45.9 Å². The lowest BCUT2D eigenvalue weighted by Gasteiger charge is -2.41. The number of hydrogen-bond donors (Lipinski definition) is 5. The molecule has 82 heavy (non-hydrogen) atoms. The molecule has 450 valence electrons. The van der Waals surface area contributed by atoms with Crippen molar-refractivity contribution in [1.29, 1.82) is 0 Å². The third-order valence-electron chi connectivity index (χ3n) is 15.5. The first-order valence-electron chi connectivity index (χ1n) is 27.7. The van der Waals surface area contributed by atoms with Gasteiger partial charge >= 0.3 is 24.1 Å². The smallest absolute Gasteiger partial charge is 0.412 e. The van der Waals surface area contributed by atoms with Gasteiger partial charge in [-0.1, -0.05) is 107 Å². The van der Waals surface area contributed by atoms with Gasteiger partial charge in [0.25, 0.3) is 0 Å². The third-order valence-corrected chi connectivity index (χ3v) is 17.4. The number of nitrogens with two attached hydrogens (primary N) is 1. The van der Waals surface area contributed by atoms with Gasteiger partial charge in [-0.2, -0.15) is 0 Å². The molecular formula is C60H80Br2ClN5O14. The van der Waals surface area contributed by atoms with Crippen molar-refractivity contribution in [3.8, 4) is 0 Å². The highest BCUT2D eigenvalue weighted by atomic mass is 79.9. The summed E-state index contributed by atoms with van der Waals surface area (Å²) < 4.78 is 29.9. The summed E-state index contributed by atoms with van der Waals surface area (Å²) >= 11 is 13.6. The number of nitrogens with zero attached hydrogens (tertiary/aromatic N) is 1. The number of unbranched alkanes of at least 4 members (excludes halogenated alkanes) is 1. The van der Waals surface area contributed by atoms with E-state index in [1.165, 1.54) is 12.0 Å². The Balaban J connectivity index is 1.31. The average molecular weight is 1290 g/mol. The monoisotopic (exact) mass is 1290 g/mol. The van der Waals surface area contributed by atoms with E-state index >= 15 is 0 Å². The van der Waals surface area contributed by atoms with Crippen LogP contribution in [-0.2, 0) is 65.3 Å². The summed E-state index contributed by atoms with van der Waals surface area (Å²) in [5.41, 5.74) is 6.50. The number of aryl methyl sites for hydroxylation is 1. The number of anilines is 2. The molecule has 2 saturated heterocycles. The molecule has 0 aliphatic carbocycles. The van der Waals surface area contributed by atoms with Crippen LogP contribution < -0.4 is 26.6 Å². The molecule has 0 saturated carbocycles. The maximum atomic E-state index is 14.4. The second kappa shape index (κ2) is 30.4. The molecule has 19 nitrogen and oxygen atoms in total. The number of primary amides is 1. The molecule has 2 aromatic carbocycles. The number of nitrogens with one attached hydrogen (secondary N) is 3. The summed E-state index contributed by atoms with van der Waals surface area (Å²) in [4.78, 5) is 108. The second-order valence-electron chi connectivity index (χ2n) is 22.5. The Labute approximate surface area is 502 Å². The van der Waals surface area contributed by atoms with E-state index in [0.29, 0.717) is 63.8 Å². The normalized spacial score (nSPS) is 25.0. The lowest BCUT2D eigenvalue weighted by atomic mass is 9.78. The predicted molar refractivity (Wildman–Crippen MR) is 319 cm³/mol. The molecule has 0 spiro atoms. The van der Waals surface area contributed by atoms with Crippen LogP contribution in [-0.4, -0.2) is 126 Å². The minimum Gasteiger partial charge on any atom is -0.462 e. The van der Waals surface area contributed by atoms with Crippen LogP contribution in [0.25, 0.3) is 0 Å². The molecule has 2 aromatic rings. The Kier molecular flexibility index (Phi) is 25.0. The fraction of sp³-hybridized carbons (Fsp3) is 0.567. The largest absolute Gasteiger partial charge is 0.462 e. The van der Waals surface area contributed by atoms with E-state index in [1.54, 1.807) is 58.2 Å². The van der Waals surface area contributed by atoms with Crippen LogP contribution in [0.15, 0.2) is 70.8 Å². The van der Waals surface area contributed by atoms with Gasteiger partial charge in [0, 0.05) is 79.3 Å². The number of aliphatic hydroxyl groups is 1. The molecule has 5 amide bonds. The summed E-state index contributed by atoms with van der Waals surface area (Å²) in [6.07, 6.45) is 2.51. The van der Waals surface area contributed by atoms with Crippen molar-refractivity contribution in [2.45, 2.75) is 173 Å². The van der Waals surface area contributed by atoms with Crippen LogP contribution in [0.2, 0.25) is 5.02 Å². The van der Waals surface area contributed by atoms with Gasteiger partial charge in [0.05, 0.1) is 41.8 Å². The number of carbonyl (C=O) groups is 8. The summed E-state index contributed by atoms with van der Waals surface area (Å²) in [7, 11) is 3.05. The maximum Gasteiger partial charge on any atom is 0.412 e. The Hall–Kier alpha value is -5.45. The second-order valence-corrected chi connectivity index (χ2v) is 24.3. The molecule has 3 aliphatic rings. The van der Waals surface area contributed by atoms with Crippen LogP contribution in [0.1, 0.15) is 122 Å². The highest BCUT2D eigenvalue weighted by Crippen LogP contribution is 2.50. The number of esters is 2. The highest BCUT2D eigenvalue weighted by Gasteiger charge is 2.64. The Bertz CT molecular complexity index is 2770. The first kappa shape index (κ1) is 67.3. The van der Waals surface area contributed by atoms with Gasteiger partial charge in [0.15, 0.2) is 5.78 Å².